The van der Waals surface area contributed by atoms with Gasteiger partial charge in [0.1, 0.15) is 16.9 Å². The molecule has 1 N–H and O–H groups in total. The number of anilines is 2. The molecule has 0 aromatic carbocycles. The first-order valence-electron chi connectivity index (χ1n) is 9.87. The molecular formula is C19H24N6O3S. The Labute approximate surface area is 173 Å². The quantitative estimate of drug-likeness (QED) is 0.767. The van der Waals surface area contributed by atoms with Crippen LogP contribution in [0.4, 0.5) is 10.9 Å². The summed E-state index contributed by atoms with van der Waals surface area (Å²) in [6.07, 6.45) is 4.03. The fourth-order valence-electron chi connectivity index (χ4n) is 3.47. The number of hydrogen-bond acceptors (Lipinski definition) is 8. The minimum absolute atomic E-state index is 0.00173. The maximum Gasteiger partial charge on any atom is 0.226 e. The van der Waals surface area contributed by atoms with Crippen LogP contribution in [0.2, 0.25) is 0 Å². The van der Waals surface area contributed by atoms with Crippen LogP contribution < -0.4 is 10.2 Å². The molecule has 0 radical (unpaired) electrons. The van der Waals surface area contributed by atoms with E-state index in [1.165, 1.54) is 11.3 Å². The number of nitrogens with zero attached hydrogens (tertiary/aromatic N) is 5. The molecule has 0 aliphatic carbocycles. The van der Waals surface area contributed by atoms with Crippen LogP contribution in [0.25, 0.3) is 0 Å². The average molecular weight is 417 g/mol. The van der Waals surface area contributed by atoms with E-state index in [2.05, 4.69) is 25.4 Å². The van der Waals surface area contributed by atoms with Crippen molar-refractivity contribution < 1.29 is 14.3 Å². The maximum absolute atomic E-state index is 12.4. The van der Waals surface area contributed by atoms with Crippen LogP contribution in [-0.2, 0) is 14.3 Å². The Kier molecular flexibility index (Phi) is 6.30. The predicted molar refractivity (Wildman–Crippen MR) is 109 cm³/mol. The summed E-state index contributed by atoms with van der Waals surface area (Å²) in [4.78, 5) is 32.9. The molecule has 0 saturated carbocycles. The molecule has 2 aliphatic rings. The lowest BCUT2D eigenvalue weighted by Gasteiger charge is -2.35. The van der Waals surface area contributed by atoms with E-state index in [9.17, 15) is 9.59 Å². The largest absolute Gasteiger partial charge is 0.371 e. The number of hydrogen-bond donors (Lipinski definition) is 1. The first-order chi connectivity index (χ1) is 14.2. The Morgan fingerprint density at radius 2 is 2.03 bits per heavy atom. The molecule has 2 aromatic rings. The monoisotopic (exact) mass is 416 g/mol. The predicted octanol–water partition coefficient (Wildman–Crippen LogP) is 1.85. The van der Waals surface area contributed by atoms with Crippen molar-refractivity contribution in [3.8, 4) is 0 Å². The Bertz CT molecular complexity index is 831. The number of carbonyl (C=O) groups excluding carboxylic acids is 2. The van der Waals surface area contributed by atoms with Crippen molar-refractivity contribution in [3.05, 3.63) is 29.4 Å². The van der Waals surface area contributed by atoms with E-state index in [1.807, 2.05) is 23.1 Å². The smallest absolute Gasteiger partial charge is 0.226 e. The summed E-state index contributed by atoms with van der Waals surface area (Å²) >= 11 is 1.33. The number of ether oxygens (including phenoxy) is 1. The van der Waals surface area contributed by atoms with Gasteiger partial charge in [-0.1, -0.05) is 17.4 Å². The van der Waals surface area contributed by atoms with Gasteiger partial charge in [0.05, 0.1) is 0 Å². The SMILES string of the molecule is O=C(CCC(=O)N1CCN(c2ccccn2)CC1)Nc1nnc(C2CCCO2)s1. The highest BCUT2D eigenvalue weighted by atomic mass is 32.1. The highest BCUT2D eigenvalue weighted by molar-refractivity contribution is 7.15. The molecule has 9 nitrogen and oxygen atoms in total. The van der Waals surface area contributed by atoms with Gasteiger partial charge in [0, 0.05) is 51.8 Å². The van der Waals surface area contributed by atoms with E-state index in [4.69, 9.17) is 4.74 Å². The fourth-order valence-corrected chi connectivity index (χ4v) is 4.32. The summed E-state index contributed by atoms with van der Waals surface area (Å²) in [6, 6.07) is 5.82. The molecule has 2 aliphatic heterocycles. The molecule has 0 spiro atoms. The summed E-state index contributed by atoms with van der Waals surface area (Å²) < 4.78 is 5.58. The van der Waals surface area contributed by atoms with Crippen molar-refractivity contribution in [2.45, 2.75) is 31.8 Å². The van der Waals surface area contributed by atoms with Gasteiger partial charge in [0.25, 0.3) is 0 Å². The van der Waals surface area contributed by atoms with Crippen molar-refractivity contribution in [3.63, 3.8) is 0 Å². The van der Waals surface area contributed by atoms with Crippen molar-refractivity contribution >= 4 is 34.1 Å². The summed E-state index contributed by atoms with van der Waals surface area (Å²) in [5.41, 5.74) is 0. The van der Waals surface area contributed by atoms with Crippen LogP contribution in [0.5, 0.6) is 0 Å². The van der Waals surface area contributed by atoms with Crippen LogP contribution in [0.1, 0.15) is 36.8 Å². The molecule has 0 bridgehead atoms. The second-order valence-corrected chi connectivity index (χ2v) is 8.06. The first kappa shape index (κ1) is 19.7. The van der Waals surface area contributed by atoms with Crippen molar-refractivity contribution in [2.24, 2.45) is 0 Å². The van der Waals surface area contributed by atoms with Crippen molar-refractivity contribution in [2.75, 3.05) is 43.0 Å². The summed E-state index contributed by atoms with van der Waals surface area (Å²) in [5, 5.41) is 12.1. The molecule has 4 rings (SSSR count). The maximum atomic E-state index is 12.4. The third-order valence-corrected chi connectivity index (χ3v) is 5.99. The number of carbonyl (C=O) groups is 2. The average Bonchev–Trinajstić information content (AvgIpc) is 3.45. The Hall–Kier alpha value is -2.59. The van der Waals surface area contributed by atoms with Crippen LogP contribution in [0.3, 0.4) is 0 Å². The highest BCUT2D eigenvalue weighted by Gasteiger charge is 2.24. The molecule has 2 aromatic heterocycles. The van der Waals surface area contributed by atoms with E-state index in [0.717, 1.165) is 43.4 Å². The second kappa shape index (κ2) is 9.27. The zero-order valence-electron chi connectivity index (χ0n) is 16.1. The van der Waals surface area contributed by atoms with Gasteiger partial charge in [0.2, 0.25) is 16.9 Å². The van der Waals surface area contributed by atoms with E-state index in [-0.39, 0.29) is 30.8 Å². The molecule has 154 valence electrons. The molecule has 2 saturated heterocycles. The van der Waals surface area contributed by atoms with Crippen LogP contribution in [0.15, 0.2) is 24.4 Å². The number of nitrogens with one attached hydrogen (secondary N) is 1. The van der Waals surface area contributed by atoms with E-state index >= 15 is 0 Å². The number of piperazine rings is 1. The van der Waals surface area contributed by atoms with Gasteiger partial charge >= 0.3 is 0 Å². The Morgan fingerprint density at radius 1 is 1.17 bits per heavy atom. The van der Waals surface area contributed by atoms with Crippen molar-refractivity contribution in [1.29, 1.82) is 0 Å². The summed E-state index contributed by atoms with van der Waals surface area (Å²) in [7, 11) is 0. The third kappa shape index (κ3) is 5.07. The molecule has 1 atom stereocenters. The number of rotatable bonds is 6. The first-order valence-corrected chi connectivity index (χ1v) is 10.7. The Balaban J connectivity index is 1.19. The van der Waals surface area contributed by atoms with Crippen molar-refractivity contribution in [1.82, 2.24) is 20.1 Å². The molecule has 1 unspecified atom stereocenters. The molecule has 29 heavy (non-hydrogen) atoms. The van der Waals surface area contributed by atoms with Crippen LogP contribution in [-0.4, -0.2) is 64.7 Å². The van der Waals surface area contributed by atoms with Gasteiger partial charge in [-0.15, -0.1) is 10.2 Å². The molecule has 2 fully saturated rings. The number of aromatic nitrogens is 3. The zero-order valence-corrected chi connectivity index (χ0v) is 16.9. The molecule has 2 amide bonds. The van der Waals surface area contributed by atoms with Crippen LogP contribution >= 0.6 is 11.3 Å². The Morgan fingerprint density at radius 3 is 2.76 bits per heavy atom. The number of amides is 2. The van der Waals surface area contributed by atoms with Gasteiger partial charge in [0.15, 0.2) is 0 Å². The van der Waals surface area contributed by atoms with Gasteiger partial charge in [-0.25, -0.2) is 4.98 Å². The molecule has 10 heteroatoms. The highest BCUT2D eigenvalue weighted by Crippen LogP contribution is 2.31. The fraction of sp³-hybridized carbons (Fsp3) is 0.526. The van der Waals surface area contributed by atoms with Gasteiger partial charge < -0.3 is 19.9 Å². The number of pyridine rings is 1. The minimum Gasteiger partial charge on any atom is -0.371 e. The van der Waals surface area contributed by atoms with E-state index in [1.54, 1.807) is 6.20 Å². The summed E-state index contributed by atoms with van der Waals surface area (Å²) in [5.74, 6) is 0.706. The molecular weight excluding hydrogens is 392 g/mol. The lowest BCUT2D eigenvalue weighted by molar-refractivity contribution is -0.133. The lowest BCUT2D eigenvalue weighted by Crippen LogP contribution is -2.49. The minimum atomic E-state index is -0.222. The topological polar surface area (TPSA) is 101 Å². The normalized spacial score (nSPS) is 19.4. The lowest BCUT2D eigenvalue weighted by atomic mass is 10.2. The zero-order chi connectivity index (χ0) is 20.1. The molecule has 4 heterocycles. The standard InChI is InChI=1S/C19H24N6O3S/c26-16(21-19-23-22-18(29-19)14-4-3-13-28-14)6-7-17(27)25-11-9-24(10-12-25)15-5-1-2-8-20-15/h1-2,5,8,14H,3-4,6-7,9-13H2,(H,21,23,26). The van der Waals surface area contributed by atoms with Crippen LogP contribution in [0, 0.1) is 0 Å². The van der Waals surface area contributed by atoms with E-state index in [0.29, 0.717) is 18.2 Å². The third-order valence-electron chi connectivity index (χ3n) is 5.06. The summed E-state index contributed by atoms with van der Waals surface area (Å²) in [6.45, 7) is 3.50. The second-order valence-electron chi connectivity index (χ2n) is 7.05. The van der Waals surface area contributed by atoms with Gasteiger partial charge in [-0.3, -0.25) is 9.59 Å². The van der Waals surface area contributed by atoms with E-state index < -0.39 is 0 Å². The van der Waals surface area contributed by atoms with Gasteiger partial charge in [-0.05, 0) is 25.0 Å². The van der Waals surface area contributed by atoms with Gasteiger partial charge in [-0.2, -0.15) is 0 Å².